The van der Waals surface area contributed by atoms with Crippen LogP contribution in [0.25, 0.3) is 33.4 Å². The highest BCUT2D eigenvalue weighted by Crippen LogP contribution is 2.40. The fourth-order valence-electron chi connectivity index (χ4n) is 3.80. The van der Waals surface area contributed by atoms with E-state index in [0.29, 0.717) is 12.2 Å². The van der Waals surface area contributed by atoms with Crippen LogP contribution in [0.4, 0.5) is 10.2 Å². The monoisotopic (exact) mass is 416 g/mol. The number of carbonyl (C=O) groups excluding carboxylic acids is 1. The van der Waals surface area contributed by atoms with Crippen molar-refractivity contribution in [2.24, 2.45) is 12.5 Å². The average molecular weight is 417 g/mol. The summed E-state index contributed by atoms with van der Waals surface area (Å²) in [5.41, 5.74) is 4.42. The van der Waals surface area contributed by atoms with Gasteiger partial charge in [-0.15, -0.1) is 0 Å². The number of amides is 1. The van der Waals surface area contributed by atoms with Gasteiger partial charge in [-0.05, 0) is 65.1 Å². The molecule has 31 heavy (non-hydrogen) atoms. The molecule has 0 aliphatic heterocycles. The highest BCUT2D eigenvalue weighted by Gasteiger charge is 2.21. The summed E-state index contributed by atoms with van der Waals surface area (Å²) in [5, 5.41) is 3.86. The van der Waals surface area contributed by atoms with E-state index in [2.05, 4.69) is 10.3 Å². The molecule has 158 valence electrons. The van der Waals surface area contributed by atoms with Crippen molar-refractivity contribution < 1.29 is 9.18 Å². The number of pyridine rings is 2. The number of benzene rings is 1. The SMILES string of the molecule is Cn1c(-c2ccc(F)cc2)c(-c2ccncc2)c2ccc(NC(=O)CC(C)(C)C)nc21. The number of rotatable bonds is 4. The number of halogens is 1. The minimum Gasteiger partial charge on any atom is -0.328 e. The lowest BCUT2D eigenvalue weighted by Gasteiger charge is -2.17. The minimum atomic E-state index is -0.282. The summed E-state index contributed by atoms with van der Waals surface area (Å²) in [7, 11) is 1.93. The summed E-state index contributed by atoms with van der Waals surface area (Å²) in [4.78, 5) is 21.3. The van der Waals surface area contributed by atoms with Gasteiger partial charge in [0.25, 0.3) is 0 Å². The summed E-state index contributed by atoms with van der Waals surface area (Å²) in [6, 6.07) is 14.1. The van der Waals surface area contributed by atoms with Crippen molar-refractivity contribution in [2.45, 2.75) is 27.2 Å². The third kappa shape index (κ3) is 4.33. The van der Waals surface area contributed by atoms with Crippen LogP contribution in [-0.2, 0) is 11.8 Å². The summed E-state index contributed by atoms with van der Waals surface area (Å²) in [6.07, 6.45) is 3.90. The van der Waals surface area contributed by atoms with Crippen molar-refractivity contribution in [3.05, 3.63) is 66.7 Å². The van der Waals surface area contributed by atoms with E-state index in [1.165, 1.54) is 12.1 Å². The van der Waals surface area contributed by atoms with Gasteiger partial charge in [-0.1, -0.05) is 20.8 Å². The molecule has 0 radical (unpaired) electrons. The van der Waals surface area contributed by atoms with Crippen LogP contribution >= 0.6 is 0 Å². The Labute approximate surface area is 181 Å². The third-order valence-corrected chi connectivity index (χ3v) is 5.08. The number of aromatic nitrogens is 3. The normalized spacial score (nSPS) is 11.6. The van der Waals surface area contributed by atoms with E-state index in [9.17, 15) is 9.18 Å². The van der Waals surface area contributed by atoms with Crippen molar-refractivity contribution in [1.29, 1.82) is 0 Å². The average Bonchev–Trinajstić information content (AvgIpc) is 3.00. The topological polar surface area (TPSA) is 59.8 Å². The van der Waals surface area contributed by atoms with Crippen LogP contribution in [-0.4, -0.2) is 20.4 Å². The molecule has 0 saturated heterocycles. The number of hydrogen-bond acceptors (Lipinski definition) is 3. The first-order valence-electron chi connectivity index (χ1n) is 10.2. The van der Waals surface area contributed by atoms with Crippen LogP contribution in [0.15, 0.2) is 60.9 Å². The molecule has 5 nitrogen and oxygen atoms in total. The first-order valence-corrected chi connectivity index (χ1v) is 10.2. The minimum absolute atomic E-state index is 0.0679. The number of nitrogens with one attached hydrogen (secondary N) is 1. The Kier molecular flexibility index (Phi) is 5.31. The predicted octanol–water partition coefficient (Wildman–Crippen LogP) is 5.82. The molecule has 0 atom stereocenters. The Morgan fingerprint density at radius 1 is 1.00 bits per heavy atom. The maximum atomic E-state index is 13.6. The van der Waals surface area contributed by atoms with Gasteiger partial charge in [0, 0.05) is 36.8 Å². The lowest BCUT2D eigenvalue weighted by atomic mass is 9.92. The highest BCUT2D eigenvalue weighted by atomic mass is 19.1. The van der Waals surface area contributed by atoms with Gasteiger partial charge in [-0.25, -0.2) is 9.37 Å². The zero-order valence-electron chi connectivity index (χ0n) is 18.1. The molecule has 0 spiro atoms. The van der Waals surface area contributed by atoms with Crippen LogP contribution in [0.2, 0.25) is 0 Å². The van der Waals surface area contributed by atoms with E-state index in [0.717, 1.165) is 33.4 Å². The maximum absolute atomic E-state index is 13.6. The van der Waals surface area contributed by atoms with Crippen LogP contribution in [0.1, 0.15) is 27.2 Å². The Balaban J connectivity index is 1.86. The second-order valence-corrected chi connectivity index (χ2v) is 8.88. The molecule has 4 rings (SSSR count). The Hall–Kier alpha value is -3.54. The molecule has 1 aromatic carbocycles. The molecule has 6 heteroatoms. The van der Waals surface area contributed by atoms with Crippen LogP contribution < -0.4 is 5.32 Å². The van der Waals surface area contributed by atoms with Gasteiger partial charge >= 0.3 is 0 Å². The second-order valence-electron chi connectivity index (χ2n) is 8.88. The van der Waals surface area contributed by atoms with Crippen molar-refractivity contribution in [3.8, 4) is 22.4 Å². The van der Waals surface area contributed by atoms with Gasteiger partial charge in [-0.3, -0.25) is 9.78 Å². The molecule has 4 aromatic rings. The molecule has 0 aliphatic rings. The number of hydrogen-bond donors (Lipinski definition) is 1. The molecular formula is C25H25FN4O. The lowest BCUT2D eigenvalue weighted by Crippen LogP contribution is -2.20. The molecule has 0 bridgehead atoms. The summed E-state index contributed by atoms with van der Waals surface area (Å²) >= 11 is 0. The lowest BCUT2D eigenvalue weighted by molar-refractivity contribution is -0.117. The number of nitrogens with zero attached hydrogens (tertiary/aromatic N) is 3. The molecule has 1 amide bonds. The first-order chi connectivity index (χ1) is 14.7. The first kappa shape index (κ1) is 20.7. The van der Waals surface area contributed by atoms with Crippen molar-refractivity contribution in [1.82, 2.24) is 14.5 Å². The van der Waals surface area contributed by atoms with E-state index < -0.39 is 0 Å². The van der Waals surface area contributed by atoms with Gasteiger partial charge in [0.2, 0.25) is 5.91 Å². The molecule has 3 heterocycles. The fourth-order valence-corrected chi connectivity index (χ4v) is 3.80. The zero-order valence-corrected chi connectivity index (χ0v) is 18.1. The van der Waals surface area contributed by atoms with Gasteiger partial charge in [0.05, 0.1) is 5.69 Å². The van der Waals surface area contributed by atoms with E-state index in [-0.39, 0.29) is 17.1 Å². The number of fused-ring (bicyclic) bond motifs is 1. The maximum Gasteiger partial charge on any atom is 0.226 e. The van der Waals surface area contributed by atoms with Crippen LogP contribution in [0.5, 0.6) is 0 Å². The summed E-state index contributed by atoms with van der Waals surface area (Å²) in [6.45, 7) is 6.07. The van der Waals surface area contributed by atoms with Crippen molar-refractivity contribution in [2.75, 3.05) is 5.32 Å². The summed E-state index contributed by atoms with van der Waals surface area (Å²) in [5.74, 6) is 0.158. The molecule has 1 N–H and O–H groups in total. The van der Waals surface area contributed by atoms with Gasteiger partial charge < -0.3 is 9.88 Å². The molecule has 0 unspecified atom stereocenters. The highest BCUT2D eigenvalue weighted by molar-refractivity contribution is 6.04. The van der Waals surface area contributed by atoms with E-state index >= 15 is 0 Å². The zero-order chi connectivity index (χ0) is 22.2. The molecule has 0 aliphatic carbocycles. The molecule has 3 aromatic heterocycles. The number of carbonyl (C=O) groups is 1. The number of anilines is 1. The predicted molar refractivity (Wildman–Crippen MR) is 122 cm³/mol. The largest absolute Gasteiger partial charge is 0.328 e. The van der Waals surface area contributed by atoms with Gasteiger partial charge in [0.1, 0.15) is 17.3 Å². The Bertz CT molecular complexity index is 1240. The van der Waals surface area contributed by atoms with Crippen LogP contribution in [0, 0.1) is 11.2 Å². The number of aryl methyl sites for hydroxylation is 1. The Morgan fingerprint density at radius 3 is 2.32 bits per heavy atom. The smallest absolute Gasteiger partial charge is 0.226 e. The second kappa shape index (κ2) is 7.95. The standard InChI is InChI=1S/C25H25FN4O/c1-25(2,3)15-21(31)28-20-10-9-19-22(16-11-13-27-14-12-16)23(30(4)24(19)29-20)17-5-7-18(26)8-6-17/h5-14H,15H2,1-4H3,(H,28,29,31). The quantitative estimate of drug-likeness (QED) is 0.456. The summed E-state index contributed by atoms with van der Waals surface area (Å²) < 4.78 is 15.5. The van der Waals surface area contributed by atoms with Gasteiger partial charge in [0.15, 0.2) is 0 Å². The molecule has 0 fully saturated rings. The fraction of sp³-hybridized carbons (Fsp3) is 0.240. The van der Waals surface area contributed by atoms with E-state index in [1.54, 1.807) is 24.5 Å². The Morgan fingerprint density at radius 2 is 1.68 bits per heavy atom. The van der Waals surface area contributed by atoms with Crippen LogP contribution in [0.3, 0.4) is 0 Å². The van der Waals surface area contributed by atoms with E-state index in [4.69, 9.17) is 4.98 Å². The third-order valence-electron chi connectivity index (χ3n) is 5.08. The molecular weight excluding hydrogens is 391 g/mol. The van der Waals surface area contributed by atoms with Gasteiger partial charge in [-0.2, -0.15) is 0 Å². The van der Waals surface area contributed by atoms with Crippen molar-refractivity contribution in [3.63, 3.8) is 0 Å². The van der Waals surface area contributed by atoms with Crippen molar-refractivity contribution >= 4 is 22.8 Å². The molecule has 0 saturated carbocycles. The van der Waals surface area contributed by atoms with E-state index in [1.807, 2.05) is 56.7 Å².